The van der Waals surface area contributed by atoms with E-state index in [1.54, 1.807) is 12.1 Å². The lowest BCUT2D eigenvalue weighted by Crippen LogP contribution is -2.14. The van der Waals surface area contributed by atoms with Crippen molar-refractivity contribution in [2.45, 2.75) is 13.8 Å². The van der Waals surface area contributed by atoms with Crippen LogP contribution in [0.4, 0.5) is 17.3 Å². The minimum Gasteiger partial charge on any atom is -0.324 e. The summed E-state index contributed by atoms with van der Waals surface area (Å²) in [6.45, 7) is 3.90. The molecular formula is C19H17ClN4O. The van der Waals surface area contributed by atoms with Crippen LogP contribution in [0.2, 0.25) is 5.02 Å². The van der Waals surface area contributed by atoms with Crippen molar-refractivity contribution in [3.8, 4) is 0 Å². The van der Waals surface area contributed by atoms with Crippen LogP contribution < -0.4 is 10.6 Å². The maximum Gasteiger partial charge on any atom is 0.274 e. The van der Waals surface area contributed by atoms with Crippen molar-refractivity contribution in [3.63, 3.8) is 0 Å². The molecule has 3 rings (SSSR count). The second-order valence-electron chi connectivity index (χ2n) is 5.68. The van der Waals surface area contributed by atoms with Gasteiger partial charge in [-0.3, -0.25) is 4.79 Å². The monoisotopic (exact) mass is 352 g/mol. The third-order valence-corrected chi connectivity index (χ3v) is 4.00. The van der Waals surface area contributed by atoms with Crippen LogP contribution in [0, 0.1) is 13.8 Å². The summed E-state index contributed by atoms with van der Waals surface area (Å²) >= 11 is 6.12. The molecule has 6 heteroatoms. The fourth-order valence-electron chi connectivity index (χ4n) is 2.26. The predicted molar refractivity (Wildman–Crippen MR) is 101 cm³/mol. The number of nitrogens with zero attached hydrogens (tertiary/aromatic N) is 2. The van der Waals surface area contributed by atoms with Gasteiger partial charge in [0, 0.05) is 22.6 Å². The third kappa shape index (κ3) is 4.33. The summed E-state index contributed by atoms with van der Waals surface area (Å²) < 4.78 is 0. The van der Waals surface area contributed by atoms with Gasteiger partial charge in [-0.15, -0.1) is 0 Å². The number of halogens is 1. The molecule has 0 saturated carbocycles. The molecule has 0 aliphatic rings. The van der Waals surface area contributed by atoms with Crippen molar-refractivity contribution in [1.29, 1.82) is 0 Å². The third-order valence-electron chi connectivity index (χ3n) is 3.59. The summed E-state index contributed by atoms with van der Waals surface area (Å²) in [5, 5.41) is 6.53. The first-order chi connectivity index (χ1) is 12.0. The van der Waals surface area contributed by atoms with Crippen LogP contribution >= 0.6 is 11.6 Å². The zero-order valence-corrected chi connectivity index (χ0v) is 14.6. The van der Waals surface area contributed by atoms with E-state index in [0.29, 0.717) is 11.0 Å². The number of rotatable bonds is 4. The van der Waals surface area contributed by atoms with Crippen LogP contribution in [0.25, 0.3) is 0 Å². The zero-order chi connectivity index (χ0) is 17.8. The van der Waals surface area contributed by atoms with Crippen LogP contribution in [0.1, 0.15) is 21.6 Å². The molecule has 25 heavy (non-hydrogen) atoms. The fraction of sp³-hybridized carbons (Fsp3) is 0.105. The number of nitrogens with one attached hydrogen (secondary N) is 2. The molecule has 0 radical (unpaired) electrons. The lowest BCUT2D eigenvalue weighted by Gasteiger charge is -2.08. The van der Waals surface area contributed by atoms with E-state index in [0.717, 1.165) is 22.5 Å². The Morgan fingerprint density at radius 3 is 2.64 bits per heavy atom. The average molecular weight is 353 g/mol. The van der Waals surface area contributed by atoms with Gasteiger partial charge < -0.3 is 10.6 Å². The lowest BCUT2D eigenvalue weighted by molar-refractivity contribution is 0.102. The van der Waals surface area contributed by atoms with Crippen LogP contribution in [0.15, 0.2) is 54.7 Å². The molecule has 0 fully saturated rings. The summed E-state index contributed by atoms with van der Waals surface area (Å²) in [5.41, 5.74) is 3.81. The topological polar surface area (TPSA) is 66.9 Å². The molecule has 0 unspecified atom stereocenters. The summed E-state index contributed by atoms with van der Waals surface area (Å²) in [5.74, 6) is 0.0369. The van der Waals surface area contributed by atoms with Gasteiger partial charge in [-0.05, 0) is 55.3 Å². The highest BCUT2D eigenvalue weighted by atomic mass is 35.5. The summed E-state index contributed by atoms with van der Waals surface area (Å²) in [6.07, 6.45) is 1.54. The second-order valence-corrected chi connectivity index (χ2v) is 6.09. The molecular weight excluding hydrogens is 336 g/mol. The molecule has 1 heterocycles. The van der Waals surface area contributed by atoms with Gasteiger partial charge >= 0.3 is 0 Å². The predicted octanol–water partition coefficient (Wildman–Crippen LogP) is 4.74. The number of hydrogen-bond donors (Lipinski definition) is 2. The Balaban J connectivity index is 1.76. The van der Waals surface area contributed by atoms with Gasteiger partial charge in [-0.1, -0.05) is 29.8 Å². The molecule has 0 aliphatic carbocycles. The maximum absolute atomic E-state index is 12.4. The highest BCUT2D eigenvalue weighted by Gasteiger charge is 2.10. The van der Waals surface area contributed by atoms with Crippen molar-refractivity contribution < 1.29 is 4.79 Å². The number of aryl methyl sites for hydroxylation is 2. The van der Waals surface area contributed by atoms with Crippen LogP contribution in [0.5, 0.6) is 0 Å². The second kappa shape index (κ2) is 7.32. The Kier molecular flexibility index (Phi) is 4.95. The van der Waals surface area contributed by atoms with E-state index in [-0.39, 0.29) is 11.6 Å². The number of carbonyl (C=O) groups is 1. The van der Waals surface area contributed by atoms with Crippen molar-refractivity contribution in [2.75, 3.05) is 10.6 Å². The van der Waals surface area contributed by atoms with E-state index in [1.165, 1.54) is 6.20 Å². The van der Waals surface area contributed by atoms with E-state index in [9.17, 15) is 4.79 Å². The summed E-state index contributed by atoms with van der Waals surface area (Å²) in [7, 11) is 0. The van der Waals surface area contributed by atoms with Crippen molar-refractivity contribution in [1.82, 2.24) is 9.97 Å². The van der Waals surface area contributed by atoms with Crippen LogP contribution in [-0.2, 0) is 0 Å². The molecule has 3 aromatic rings. The normalized spacial score (nSPS) is 10.4. The molecule has 0 saturated heterocycles. The van der Waals surface area contributed by atoms with Crippen LogP contribution in [0.3, 0.4) is 0 Å². The number of carbonyl (C=O) groups excluding carboxylic acids is 1. The van der Waals surface area contributed by atoms with Crippen molar-refractivity contribution in [3.05, 3.63) is 76.6 Å². The van der Waals surface area contributed by atoms with Gasteiger partial charge in [0.2, 0.25) is 5.95 Å². The molecule has 0 bridgehead atoms. The Hall–Kier alpha value is -2.92. The fourth-order valence-corrected chi connectivity index (χ4v) is 2.44. The average Bonchev–Trinajstić information content (AvgIpc) is 2.58. The highest BCUT2D eigenvalue weighted by molar-refractivity contribution is 6.31. The Morgan fingerprint density at radius 2 is 1.88 bits per heavy atom. The highest BCUT2D eigenvalue weighted by Crippen LogP contribution is 2.22. The quantitative estimate of drug-likeness (QED) is 0.711. The maximum atomic E-state index is 12.4. The number of aromatic nitrogens is 2. The molecule has 0 aliphatic heterocycles. The number of hydrogen-bond acceptors (Lipinski definition) is 4. The Labute approximate surface area is 151 Å². The first-order valence-electron chi connectivity index (χ1n) is 7.75. The summed E-state index contributed by atoms with van der Waals surface area (Å²) in [6, 6.07) is 14.7. The smallest absolute Gasteiger partial charge is 0.274 e. The van der Waals surface area contributed by atoms with Crippen molar-refractivity contribution >= 4 is 34.8 Å². The molecule has 2 aromatic carbocycles. The Bertz CT molecular complexity index is 927. The standard InChI is InChI=1S/C19H17ClN4O/c1-12-4-3-5-14(10-12)22-18(25)17-8-9-21-19(24-17)23-15-7-6-13(2)16(20)11-15/h3-11H,1-2H3,(H,22,25)(H,21,23,24). The molecule has 126 valence electrons. The number of amides is 1. The van der Waals surface area contributed by atoms with Gasteiger partial charge in [0.1, 0.15) is 5.69 Å². The number of benzene rings is 2. The van der Waals surface area contributed by atoms with Gasteiger partial charge in [0.05, 0.1) is 0 Å². The molecule has 5 nitrogen and oxygen atoms in total. The van der Waals surface area contributed by atoms with Crippen LogP contribution in [-0.4, -0.2) is 15.9 Å². The van der Waals surface area contributed by atoms with E-state index < -0.39 is 0 Å². The minimum atomic E-state index is -0.294. The van der Waals surface area contributed by atoms with E-state index in [4.69, 9.17) is 11.6 Å². The van der Waals surface area contributed by atoms with Gasteiger partial charge in [0.25, 0.3) is 5.91 Å². The molecule has 1 aromatic heterocycles. The SMILES string of the molecule is Cc1cccc(NC(=O)c2ccnc(Nc3ccc(C)c(Cl)c3)n2)c1. The molecule has 1 amide bonds. The zero-order valence-electron chi connectivity index (χ0n) is 13.9. The van der Waals surface area contributed by atoms with Gasteiger partial charge in [0.15, 0.2) is 0 Å². The molecule has 0 atom stereocenters. The van der Waals surface area contributed by atoms with Gasteiger partial charge in [-0.2, -0.15) is 0 Å². The lowest BCUT2D eigenvalue weighted by atomic mass is 10.2. The largest absolute Gasteiger partial charge is 0.324 e. The summed E-state index contributed by atoms with van der Waals surface area (Å²) in [4.78, 5) is 20.8. The first kappa shape index (κ1) is 16.9. The van der Waals surface area contributed by atoms with E-state index in [1.807, 2.05) is 50.2 Å². The van der Waals surface area contributed by atoms with Gasteiger partial charge in [-0.25, -0.2) is 9.97 Å². The van der Waals surface area contributed by atoms with E-state index in [2.05, 4.69) is 20.6 Å². The van der Waals surface area contributed by atoms with E-state index >= 15 is 0 Å². The minimum absolute atomic E-state index is 0.275. The first-order valence-corrected chi connectivity index (χ1v) is 8.13. The molecule has 0 spiro atoms. The number of anilines is 3. The Morgan fingerprint density at radius 1 is 1.04 bits per heavy atom. The molecule has 2 N–H and O–H groups in total. The van der Waals surface area contributed by atoms with Crippen molar-refractivity contribution in [2.24, 2.45) is 0 Å².